The summed E-state index contributed by atoms with van der Waals surface area (Å²) in [6.45, 7) is 0. The molecule has 0 bridgehead atoms. The third-order valence-electron chi connectivity index (χ3n) is 1.63. The molecular weight excluding hydrogens is 188 g/mol. The van der Waals surface area contributed by atoms with Gasteiger partial charge in [0.1, 0.15) is 5.15 Å². The molecule has 0 radical (unpaired) electrons. The third kappa shape index (κ3) is 1.62. The number of nitrogens with zero attached hydrogens (tertiary/aromatic N) is 2. The van der Waals surface area contributed by atoms with Gasteiger partial charge in [-0.25, -0.2) is 9.97 Å². The highest BCUT2D eigenvalue weighted by Crippen LogP contribution is 2.17. The fraction of sp³-hybridized carbons (Fsp3) is 0. The van der Waals surface area contributed by atoms with Gasteiger partial charge < -0.3 is 10.7 Å². The van der Waals surface area contributed by atoms with Gasteiger partial charge >= 0.3 is 0 Å². The lowest BCUT2D eigenvalue weighted by atomic mass is 10.2. The number of hydrogen-bond donors (Lipinski definition) is 2. The summed E-state index contributed by atoms with van der Waals surface area (Å²) < 4.78 is 0. The Morgan fingerprint density at radius 2 is 2.08 bits per heavy atom. The molecule has 66 valence electrons. The molecule has 2 aromatic heterocycles. The largest absolute Gasteiger partial charge is 0.369 e. The zero-order chi connectivity index (χ0) is 9.26. The van der Waals surface area contributed by atoms with Gasteiger partial charge in [0.25, 0.3) is 0 Å². The second-order valence-corrected chi connectivity index (χ2v) is 2.94. The first-order chi connectivity index (χ1) is 6.25. The molecule has 2 heterocycles. The van der Waals surface area contributed by atoms with Crippen molar-refractivity contribution in [3.05, 3.63) is 29.7 Å². The predicted molar refractivity (Wildman–Crippen MR) is 51.2 cm³/mol. The monoisotopic (exact) mass is 194 g/mol. The molecule has 0 spiro atoms. The van der Waals surface area contributed by atoms with Crippen LogP contribution in [0.3, 0.4) is 0 Å². The van der Waals surface area contributed by atoms with E-state index >= 15 is 0 Å². The number of aromatic nitrogens is 3. The summed E-state index contributed by atoms with van der Waals surface area (Å²) in [7, 11) is 0. The Bertz CT molecular complexity index is 406. The predicted octanol–water partition coefficient (Wildman–Crippen LogP) is 1.71. The Kier molecular flexibility index (Phi) is 1.90. The fourth-order valence-corrected chi connectivity index (χ4v) is 1.13. The van der Waals surface area contributed by atoms with Gasteiger partial charge in [-0.2, -0.15) is 0 Å². The number of aromatic amines is 1. The maximum atomic E-state index is 5.64. The highest BCUT2D eigenvalue weighted by Gasteiger charge is 2.00. The van der Waals surface area contributed by atoms with Crippen LogP contribution in [0.25, 0.3) is 11.3 Å². The molecule has 0 atom stereocenters. The summed E-state index contributed by atoms with van der Waals surface area (Å²) >= 11 is 5.64. The van der Waals surface area contributed by atoms with Crippen molar-refractivity contribution in [3.8, 4) is 11.3 Å². The van der Waals surface area contributed by atoms with Gasteiger partial charge in [-0.1, -0.05) is 11.6 Å². The van der Waals surface area contributed by atoms with Gasteiger partial charge in [0.05, 0.1) is 11.9 Å². The molecule has 0 saturated heterocycles. The van der Waals surface area contributed by atoms with Crippen molar-refractivity contribution in [2.24, 2.45) is 0 Å². The van der Waals surface area contributed by atoms with E-state index in [2.05, 4.69) is 15.0 Å². The number of rotatable bonds is 1. The number of hydrogen-bond acceptors (Lipinski definition) is 3. The highest BCUT2D eigenvalue weighted by molar-refractivity contribution is 6.29. The van der Waals surface area contributed by atoms with Crippen LogP contribution in [0.2, 0.25) is 5.15 Å². The molecule has 0 aliphatic rings. The molecule has 0 aliphatic heterocycles. The molecule has 13 heavy (non-hydrogen) atoms. The number of pyridine rings is 1. The van der Waals surface area contributed by atoms with Crippen LogP contribution in [-0.2, 0) is 0 Å². The first-order valence-corrected chi connectivity index (χ1v) is 4.06. The number of halogens is 1. The first kappa shape index (κ1) is 8.07. The van der Waals surface area contributed by atoms with Crippen molar-refractivity contribution < 1.29 is 0 Å². The van der Waals surface area contributed by atoms with Crippen LogP contribution in [0, 0.1) is 0 Å². The van der Waals surface area contributed by atoms with Gasteiger partial charge in [0.2, 0.25) is 0 Å². The van der Waals surface area contributed by atoms with E-state index in [1.54, 1.807) is 18.5 Å². The number of nitrogens with two attached hydrogens (primary N) is 1. The number of anilines is 1. The molecule has 0 unspecified atom stereocenters. The lowest BCUT2D eigenvalue weighted by Gasteiger charge is -1.95. The van der Waals surface area contributed by atoms with Crippen LogP contribution in [0.4, 0.5) is 5.95 Å². The Hall–Kier alpha value is -1.55. The molecular formula is C8H7ClN4. The van der Waals surface area contributed by atoms with Gasteiger partial charge in [-0.3, -0.25) is 0 Å². The maximum absolute atomic E-state index is 5.64. The van der Waals surface area contributed by atoms with E-state index in [-0.39, 0.29) is 0 Å². The minimum Gasteiger partial charge on any atom is -0.369 e. The average molecular weight is 195 g/mol. The summed E-state index contributed by atoms with van der Waals surface area (Å²) in [5, 5.41) is 0.469. The van der Waals surface area contributed by atoms with Crippen molar-refractivity contribution in [1.82, 2.24) is 15.0 Å². The Morgan fingerprint density at radius 1 is 1.23 bits per heavy atom. The molecule has 0 fully saturated rings. The van der Waals surface area contributed by atoms with Crippen molar-refractivity contribution in [3.63, 3.8) is 0 Å². The van der Waals surface area contributed by atoms with Crippen molar-refractivity contribution >= 4 is 17.5 Å². The molecule has 4 nitrogen and oxygen atoms in total. The van der Waals surface area contributed by atoms with Crippen LogP contribution in [0.15, 0.2) is 24.5 Å². The Morgan fingerprint density at radius 3 is 2.62 bits per heavy atom. The summed E-state index contributed by atoms with van der Waals surface area (Å²) in [4.78, 5) is 10.7. The van der Waals surface area contributed by atoms with Crippen molar-refractivity contribution in [1.29, 1.82) is 0 Å². The topological polar surface area (TPSA) is 67.6 Å². The minimum absolute atomic E-state index is 0.393. The maximum Gasteiger partial charge on any atom is 0.197 e. The molecule has 0 amide bonds. The van der Waals surface area contributed by atoms with Gasteiger partial charge in [0, 0.05) is 11.8 Å². The second kappa shape index (κ2) is 3.06. The lowest BCUT2D eigenvalue weighted by Crippen LogP contribution is -1.85. The zero-order valence-corrected chi connectivity index (χ0v) is 7.42. The first-order valence-electron chi connectivity index (χ1n) is 3.68. The second-order valence-electron chi connectivity index (χ2n) is 2.55. The molecule has 5 heteroatoms. The standard InChI is InChI=1S/C8H7ClN4/c9-7-2-1-5(3-11-7)6-4-12-8(10)13-6/h1-4H,(H3,10,12,13). The number of nitrogen functional groups attached to an aromatic ring is 1. The molecule has 2 aromatic rings. The number of nitrogens with one attached hydrogen (secondary N) is 1. The van der Waals surface area contributed by atoms with Crippen LogP contribution < -0.4 is 5.73 Å². The summed E-state index contributed by atoms with van der Waals surface area (Å²) in [6.07, 6.45) is 3.32. The molecule has 3 N–H and O–H groups in total. The van der Waals surface area contributed by atoms with E-state index in [1.807, 2.05) is 6.07 Å². The van der Waals surface area contributed by atoms with E-state index in [0.29, 0.717) is 11.1 Å². The molecule has 0 aliphatic carbocycles. The van der Waals surface area contributed by atoms with E-state index < -0.39 is 0 Å². The van der Waals surface area contributed by atoms with Crippen LogP contribution in [0.1, 0.15) is 0 Å². The highest BCUT2D eigenvalue weighted by atomic mass is 35.5. The van der Waals surface area contributed by atoms with Crippen LogP contribution in [0.5, 0.6) is 0 Å². The average Bonchev–Trinajstić information content (AvgIpc) is 2.53. The molecule has 0 saturated carbocycles. The number of H-pyrrole nitrogens is 1. The van der Waals surface area contributed by atoms with Crippen LogP contribution >= 0.6 is 11.6 Å². The number of imidazole rings is 1. The molecule has 2 rings (SSSR count). The van der Waals surface area contributed by atoms with E-state index in [1.165, 1.54) is 0 Å². The van der Waals surface area contributed by atoms with Crippen molar-refractivity contribution in [2.75, 3.05) is 5.73 Å². The van der Waals surface area contributed by atoms with E-state index in [9.17, 15) is 0 Å². The Balaban J connectivity index is 2.41. The minimum atomic E-state index is 0.393. The lowest BCUT2D eigenvalue weighted by molar-refractivity contribution is 1.30. The smallest absolute Gasteiger partial charge is 0.197 e. The normalized spacial score (nSPS) is 10.2. The molecule has 0 aromatic carbocycles. The van der Waals surface area contributed by atoms with Gasteiger partial charge in [0.15, 0.2) is 5.95 Å². The Labute approximate surface area is 79.8 Å². The van der Waals surface area contributed by atoms with Gasteiger partial charge in [-0.15, -0.1) is 0 Å². The van der Waals surface area contributed by atoms with Gasteiger partial charge in [-0.05, 0) is 12.1 Å². The van der Waals surface area contributed by atoms with E-state index in [4.69, 9.17) is 17.3 Å². The fourth-order valence-electron chi connectivity index (χ4n) is 1.02. The summed E-state index contributed by atoms with van der Waals surface area (Å²) in [5.41, 5.74) is 7.18. The van der Waals surface area contributed by atoms with Crippen LogP contribution in [-0.4, -0.2) is 15.0 Å². The van der Waals surface area contributed by atoms with E-state index in [0.717, 1.165) is 11.3 Å². The summed E-state index contributed by atoms with van der Waals surface area (Å²) in [5.74, 6) is 0.393. The third-order valence-corrected chi connectivity index (χ3v) is 1.86. The summed E-state index contributed by atoms with van der Waals surface area (Å²) in [6, 6.07) is 3.57. The van der Waals surface area contributed by atoms with Crippen molar-refractivity contribution in [2.45, 2.75) is 0 Å². The quantitative estimate of drug-likeness (QED) is 0.679. The SMILES string of the molecule is Nc1ncc(-c2ccc(Cl)nc2)[nH]1. The zero-order valence-electron chi connectivity index (χ0n) is 6.66.